The van der Waals surface area contributed by atoms with Crippen molar-refractivity contribution in [2.75, 3.05) is 0 Å². The van der Waals surface area contributed by atoms with Crippen molar-refractivity contribution in [3.05, 3.63) is 59.7 Å². The number of aliphatic carboxylic acids is 1. The van der Waals surface area contributed by atoms with Crippen LogP contribution in [0.2, 0.25) is 0 Å². The smallest absolute Gasteiger partial charge is 0.407 e. The van der Waals surface area contributed by atoms with Crippen LogP contribution in [0, 0.1) is 11.6 Å². The first kappa shape index (κ1) is 20.8. The maximum atomic E-state index is 13.8. The fourth-order valence-electron chi connectivity index (χ4n) is 2.73. The number of benzene rings is 2. The molecule has 27 heavy (non-hydrogen) atoms. The van der Waals surface area contributed by atoms with Crippen LogP contribution in [0.15, 0.2) is 42.5 Å². The van der Waals surface area contributed by atoms with Crippen molar-refractivity contribution in [1.82, 2.24) is 5.32 Å². The highest BCUT2D eigenvalue weighted by molar-refractivity contribution is 5.73. The first-order valence-electron chi connectivity index (χ1n) is 8.24. The Morgan fingerprint density at radius 2 is 1.74 bits per heavy atom. The van der Waals surface area contributed by atoms with E-state index >= 15 is 0 Å². The Bertz CT molecular complexity index is 790. The largest absolute Gasteiger partial charge is 0.480 e. The summed E-state index contributed by atoms with van der Waals surface area (Å²) in [6, 6.07) is 4.25. The van der Waals surface area contributed by atoms with Gasteiger partial charge in [-0.1, -0.05) is 37.6 Å². The van der Waals surface area contributed by atoms with Crippen LogP contribution in [0.3, 0.4) is 0 Å². The predicted molar refractivity (Wildman–Crippen MR) is 90.1 cm³/mol. The number of nitrogens with one attached hydrogen (secondary N) is 1. The van der Waals surface area contributed by atoms with Crippen molar-refractivity contribution in [3.8, 4) is 11.1 Å². The topological polar surface area (TPSA) is 49.3 Å². The lowest BCUT2D eigenvalue weighted by Gasteiger charge is -2.26. The maximum absolute atomic E-state index is 13.8. The van der Waals surface area contributed by atoms with Crippen LogP contribution in [-0.4, -0.2) is 23.3 Å². The van der Waals surface area contributed by atoms with E-state index < -0.39 is 35.9 Å². The monoisotopic (exact) mass is 387 g/mol. The quantitative estimate of drug-likeness (QED) is 0.652. The van der Waals surface area contributed by atoms with Gasteiger partial charge in [0.25, 0.3) is 0 Å². The number of hydrogen-bond acceptors (Lipinski definition) is 2. The van der Waals surface area contributed by atoms with E-state index in [-0.39, 0.29) is 23.1 Å². The number of carboxylic acids is 1. The summed E-state index contributed by atoms with van der Waals surface area (Å²) in [6.07, 6.45) is -4.28. The van der Waals surface area contributed by atoms with Gasteiger partial charge in [0.1, 0.15) is 23.7 Å². The number of rotatable bonds is 7. The molecule has 2 rings (SSSR count). The van der Waals surface area contributed by atoms with Crippen molar-refractivity contribution in [1.29, 1.82) is 0 Å². The molecule has 0 bridgehead atoms. The molecule has 3 nitrogen and oxygen atoms in total. The van der Waals surface area contributed by atoms with Crippen molar-refractivity contribution >= 4 is 5.97 Å². The molecule has 0 unspecified atom stereocenters. The van der Waals surface area contributed by atoms with Crippen LogP contribution in [0.25, 0.3) is 11.1 Å². The summed E-state index contributed by atoms with van der Waals surface area (Å²) in [7, 11) is 0. The molecule has 146 valence electrons. The average molecular weight is 387 g/mol. The Balaban J connectivity index is 2.33. The second kappa shape index (κ2) is 8.47. The Labute approximate surface area is 152 Å². The lowest BCUT2D eigenvalue weighted by Crippen LogP contribution is -2.44. The Kier molecular flexibility index (Phi) is 6.54. The zero-order valence-electron chi connectivity index (χ0n) is 14.4. The van der Waals surface area contributed by atoms with E-state index in [0.717, 1.165) is 18.2 Å². The highest BCUT2D eigenvalue weighted by Gasteiger charge is 2.42. The number of alkyl halides is 3. The molecule has 0 amide bonds. The SMILES string of the molecule is CCC[C@H](N[C@@H](c1ccc(-c2ccc(F)cc2F)cc1)C(F)(F)F)C(=O)O. The third-order valence-corrected chi connectivity index (χ3v) is 4.06. The zero-order valence-corrected chi connectivity index (χ0v) is 14.4. The van der Waals surface area contributed by atoms with Gasteiger partial charge >= 0.3 is 12.1 Å². The minimum Gasteiger partial charge on any atom is -0.480 e. The van der Waals surface area contributed by atoms with E-state index in [0.29, 0.717) is 12.5 Å². The maximum Gasteiger partial charge on any atom is 0.407 e. The summed E-state index contributed by atoms with van der Waals surface area (Å²) in [5.74, 6) is -2.96. The molecule has 0 heterocycles. The third kappa shape index (κ3) is 5.26. The van der Waals surface area contributed by atoms with E-state index in [4.69, 9.17) is 5.11 Å². The van der Waals surface area contributed by atoms with Gasteiger partial charge in [0.2, 0.25) is 0 Å². The molecule has 0 aliphatic heterocycles. The number of carboxylic acid groups (broad SMARTS) is 1. The molecule has 2 aromatic carbocycles. The normalized spacial score (nSPS) is 14.0. The summed E-state index contributed by atoms with van der Waals surface area (Å²) in [6.45, 7) is 1.67. The Morgan fingerprint density at radius 3 is 2.22 bits per heavy atom. The molecule has 0 aliphatic rings. The van der Waals surface area contributed by atoms with Gasteiger partial charge in [0.05, 0.1) is 0 Å². The Morgan fingerprint density at radius 1 is 1.11 bits per heavy atom. The molecule has 8 heteroatoms. The molecule has 2 N–H and O–H groups in total. The molecule has 0 saturated heterocycles. The lowest BCUT2D eigenvalue weighted by atomic mass is 9.99. The van der Waals surface area contributed by atoms with Crippen LogP contribution in [0.1, 0.15) is 31.4 Å². The van der Waals surface area contributed by atoms with Gasteiger partial charge in [0.15, 0.2) is 0 Å². The van der Waals surface area contributed by atoms with E-state index in [9.17, 15) is 26.7 Å². The molecule has 0 saturated carbocycles. The van der Waals surface area contributed by atoms with Crippen LogP contribution in [-0.2, 0) is 4.79 Å². The average Bonchev–Trinajstić information content (AvgIpc) is 2.57. The first-order chi connectivity index (χ1) is 12.6. The molecule has 0 spiro atoms. The molecule has 2 aromatic rings. The number of hydrogen-bond donors (Lipinski definition) is 2. The fourth-order valence-corrected chi connectivity index (χ4v) is 2.73. The number of halogens is 5. The van der Waals surface area contributed by atoms with Gasteiger partial charge < -0.3 is 5.11 Å². The summed E-state index contributed by atoms with van der Waals surface area (Å²) in [4.78, 5) is 11.2. The second-order valence-corrected chi connectivity index (χ2v) is 6.07. The summed E-state index contributed by atoms with van der Waals surface area (Å²) in [5.41, 5.74) is 0.130. The van der Waals surface area contributed by atoms with Gasteiger partial charge in [0, 0.05) is 11.6 Å². The van der Waals surface area contributed by atoms with Crippen LogP contribution in [0.5, 0.6) is 0 Å². The summed E-state index contributed by atoms with van der Waals surface area (Å²) < 4.78 is 67.2. The van der Waals surface area contributed by atoms with Gasteiger partial charge in [-0.2, -0.15) is 13.2 Å². The van der Waals surface area contributed by atoms with Gasteiger partial charge in [-0.15, -0.1) is 0 Å². The molecule has 2 atom stereocenters. The minimum absolute atomic E-state index is 0.0424. The predicted octanol–water partition coefficient (Wildman–Crippen LogP) is 5.08. The van der Waals surface area contributed by atoms with Gasteiger partial charge in [-0.05, 0) is 29.7 Å². The van der Waals surface area contributed by atoms with E-state index in [1.807, 2.05) is 0 Å². The van der Waals surface area contributed by atoms with Crippen LogP contribution in [0.4, 0.5) is 22.0 Å². The third-order valence-electron chi connectivity index (χ3n) is 4.06. The standard InChI is InChI=1S/C19H18F5NO2/c1-2-3-16(18(26)27)25-17(19(22,23)24)12-6-4-11(5-7-12)14-9-8-13(20)10-15(14)21/h4-10,16-17,25H,2-3H2,1H3,(H,26,27)/t16-,17-/m0/s1. The highest BCUT2D eigenvalue weighted by atomic mass is 19.4. The molecule has 0 fully saturated rings. The lowest BCUT2D eigenvalue weighted by molar-refractivity contribution is -0.163. The van der Waals surface area contributed by atoms with E-state index in [1.54, 1.807) is 6.92 Å². The van der Waals surface area contributed by atoms with E-state index in [2.05, 4.69) is 5.32 Å². The molecule has 0 radical (unpaired) electrons. The Hall–Kier alpha value is -2.48. The molecule has 0 aliphatic carbocycles. The van der Waals surface area contributed by atoms with Gasteiger partial charge in [-0.3, -0.25) is 10.1 Å². The summed E-state index contributed by atoms with van der Waals surface area (Å²) >= 11 is 0. The van der Waals surface area contributed by atoms with Gasteiger partial charge in [-0.25, -0.2) is 8.78 Å². The van der Waals surface area contributed by atoms with Crippen LogP contribution >= 0.6 is 0 Å². The van der Waals surface area contributed by atoms with E-state index in [1.165, 1.54) is 18.2 Å². The number of carbonyl (C=O) groups is 1. The minimum atomic E-state index is -4.72. The van der Waals surface area contributed by atoms with Crippen molar-refractivity contribution in [2.45, 2.75) is 38.0 Å². The zero-order chi connectivity index (χ0) is 20.2. The highest BCUT2D eigenvalue weighted by Crippen LogP contribution is 2.34. The van der Waals surface area contributed by atoms with Crippen LogP contribution < -0.4 is 5.32 Å². The van der Waals surface area contributed by atoms with Crippen molar-refractivity contribution in [2.24, 2.45) is 0 Å². The van der Waals surface area contributed by atoms with Crippen molar-refractivity contribution < 1.29 is 31.9 Å². The molecule has 0 aromatic heterocycles. The van der Waals surface area contributed by atoms with Crippen molar-refractivity contribution in [3.63, 3.8) is 0 Å². The first-order valence-corrected chi connectivity index (χ1v) is 8.24. The molecular weight excluding hydrogens is 369 g/mol. The molecular formula is C19H18F5NO2. The fraction of sp³-hybridized carbons (Fsp3) is 0.316. The summed E-state index contributed by atoms with van der Waals surface area (Å²) in [5, 5.41) is 11.3. The second-order valence-electron chi connectivity index (χ2n) is 6.07.